The van der Waals surface area contributed by atoms with Crippen LogP contribution in [0.2, 0.25) is 0 Å². The molecule has 0 fully saturated rings. The van der Waals surface area contributed by atoms with Gasteiger partial charge >= 0.3 is 5.65 Å². The first kappa shape index (κ1) is 22.7. The van der Waals surface area contributed by atoms with Crippen molar-refractivity contribution < 1.29 is 17.5 Å². The molecule has 0 saturated carbocycles. The lowest BCUT2D eigenvalue weighted by Gasteiger charge is -2.05. The summed E-state index contributed by atoms with van der Waals surface area (Å²) in [6, 6.07) is 20.3. The van der Waals surface area contributed by atoms with E-state index in [1.54, 1.807) is 30.1 Å². The van der Waals surface area contributed by atoms with Gasteiger partial charge in [0.25, 0.3) is 0 Å². The Kier molecular flexibility index (Phi) is 6.08. The third-order valence-electron chi connectivity index (χ3n) is 5.33. The van der Waals surface area contributed by atoms with Crippen LogP contribution in [-0.2, 0) is 17.2 Å². The van der Waals surface area contributed by atoms with E-state index in [2.05, 4.69) is 32.2 Å². The fourth-order valence-electron chi connectivity index (χ4n) is 3.82. The van der Waals surface area contributed by atoms with Crippen LogP contribution < -0.4 is 4.57 Å². The van der Waals surface area contributed by atoms with Crippen LogP contribution >= 0.6 is 11.8 Å². The first-order valence-corrected chi connectivity index (χ1v) is 12.6. The molecule has 3 heterocycles. The summed E-state index contributed by atoms with van der Waals surface area (Å²) in [5, 5.41) is 10.8. The van der Waals surface area contributed by atoms with E-state index >= 15 is 0 Å². The maximum Gasteiger partial charge on any atom is 0.308 e. The second-order valence-electron chi connectivity index (χ2n) is 7.37. The minimum atomic E-state index is -4.27. The van der Waals surface area contributed by atoms with Gasteiger partial charge in [-0.2, -0.15) is 9.66 Å². The number of thioether (sulfide) groups is 1. The highest BCUT2D eigenvalue weighted by Gasteiger charge is 2.26. The highest BCUT2D eigenvalue weighted by atomic mass is 32.2. The van der Waals surface area contributed by atoms with Crippen LogP contribution in [0.4, 0.5) is 0 Å². The largest absolute Gasteiger partial charge is 0.744 e. The van der Waals surface area contributed by atoms with E-state index in [1.807, 2.05) is 44.5 Å². The van der Waals surface area contributed by atoms with Crippen LogP contribution in [0.5, 0.6) is 0 Å². The van der Waals surface area contributed by atoms with E-state index in [4.69, 9.17) is 0 Å². The predicted octanol–water partition coefficient (Wildman–Crippen LogP) is 3.96. The summed E-state index contributed by atoms with van der Waals surface area (Å²) in [6.45, 7) is 1.82. The zero-order valence-corrected chi connectivity index (χ0v) is 19.8. The molecule has 7 nitrogen and oxygen atoms in total. The standard InChI is InChI=1S/C17H13N4S.C7H8O3S/c1-20-13-7-3-4-8-14(13)21-16-11(6-5-9-19-16)15(22-2)12(10-18)17(20)21;1-6-2-4-7(5-3-6)11(8,9)10/h3-9H,1-2H3;2-5H,1H3,(H,8,9,10)/q+1;/p-1. The maximum atomic E-state index is 10.4. The van der Waals surface area contributed by atoms with Crippen LogP contribution in [0.3, 0.4) is 0 Å². The van der Waals surface area contributed by atoms with Gasteiger partial charge in [0.05, 0.1) is 17.3 Å². The zero-order valence-electron chi connectivity index (χ0n) is 18.2. The number of nitrogens with zero attached hydrogens (tertiary/aromatic N) is 4. The van der Waals surface area contributed by atoms with Gasteiger partial charge in [-0.05, 0) is 49.6 Å². The molecule has 0 unspecified atom stereocenters. The van der Waals surface area contributed by atoms with Gasteiger partial charge in [-0.3, -0.25) is 0 Å². The molecule has 0 N–H and O–H groups in total. The van der Waals surface area contributed by atoms with Crippen molar-refractivity contribution in [2.24, 2.45) is 7.05 Å². The lowest BCUT2D eigenvalue weighted by atomic mass is 10.2. The number of rotatable bonds is 2. The predicted molar refractivity (Wildman–Crippen MR) is 127 cm³/mol. The number of fused-ring (bicyclic) bond motifs is 5. The van der Waals surface area contributed by atoms with E-state index in [1.165, 1.54) is 12.1 Å². The molecule has 0 radical (unpaired) electrons. The van der Waals surface area contributed by atoms with Crippen molar-refractivity contribution in [3.8, 4) is 6.07 Å². The number of hydrogen-bond donors (Lipinski definition) is 0. The average Bonchev–Trinajstić information content (AvgIpc) is 3.11. The molecule has 0 aliphatic heterocycles. The average molecular weight is 477 g/mol. The summed E-state index contributed by atoms with van der Waals surface area (Å²) in [5.41, 5.74) is 5.55. The maximum absolute atomic E-state index is 10.4. The van der Waals surface area contributed by atoms with Gasteiger partial charge in [0.15, 0.2) is 16.6 Å². The normalized spacial score (nSPS) is 11.4. The van der Waals surface area contributed by atoms with Gasteiger partial charge in [0.2, 0.25) is 5.65 Å². The van der Waals surface area contributed by atoms with Gasteiger partial charge in [-0.15, -0.1) is 11.8 Å². The summed E-state index contributed by atoms with van der Waals surface area (Å²) in [5.74, 6) is 0. The molecule has 9 heteroatoms. The first-order valence-electron chi connectivity index (χ1n) is 9.94. The molecular formula is C24H20N4O3S2. The van der Waals surface area contributed by atoms with Crippen molar-refractivity contribution in [1.29, 1.82) is 5.26 Å². The second kappa shape index (κ2) is 8.83. The Morgan fingerprint density at radius 2 is 1.79 bits per heavy atom. The Hall–Kier alpha value is -3.45. The summed E-state index contributed by atoms with van der Waals surface area (Å²) in [6.07, 6.45) is 3.80. The summed E-state index contributed by atoms with van der Waals surface area (Å²) in [4.78, 5) is 5.39. The van der Waals surface area contributed by atoms with Gasteiger partial charge in [0, 0.05) is 11.1 Å². The number of para-hydroxylation sites is 2. The third-order valence-corrected chi connectivity index (χ3v) is 7.01. The molecule has 0 aliphatic rings. The third kappa shape index (κ3) is 4.04. The van der Waals surface area contributed by atoms with E-state index in [0.717, 1.165) is 38.2 Å². The molecule has 0 saturated heterocycles. The van der Waals surface area contributed by atoms with Crippen molar-refractivity contribution in [3.63, 3.8) is 0 Å². The quantitative estimate of drug-likeness (QED) is 0.217. The molecule has 5 aromatic rings. The molecule has 0 bridgehead atoms. The fourth-order valence-corrected chi connectivity index (χ4v) is 5.01. The monoisotopic (exact) mass is 476 g/mol. The molecule has 0 aliphatic carbocycles. The van der Waals surface area contributed by atoms with E-state index in [-0.39, 0.29) is 4.90 Å². The number of imidazole rings is 1. The molecule has 2 aromatic carbocycles. The first-order chi connectivity index (χ1) is 15.8. The number of aromatic nitrogens is 3. The number of hydrogen-bond acceptors (Lipinski definition) is 6. The van der Waals surface area contributed by atoms with E-state index in [0.29, 0.717) is 5.56 Å². The molecule has 3 aromatic heterocycles. The number of pyridine rings is 2. The SMILES string of the molecule is CSc1c(C#N)c2n(c3ccccc3[n+]2C)c2ncccc12.Cc1ccc(S(=O)(=O)[O-])cc1. The summed E-state index contributed by atoms with van der Waals surface area (Å²) in [7, 11) is -2.27. The van der Waals surface area contributed by atoms with Gasteiger partial charge in [-0.25, -0.2) is 18.0 Å². The van der Waals surface area contributed by atoms with Crippen molar-refractivity contribution in [2.75, 3.05) is 6.26 Å². The number of benzene rings is 2. The minimum absolute atomic E-state index is 0.178. The van der Waals surface area contributed by atoms with Crippen LogP contribution in [0.1, 0.15) is 11.1 Å². The molecule has 0 atom stereocenters. The number of aryl methyl sites for hydroxylation is 2. The Balaban J connectivity index is 0.000000200. The van der Waals surface area contributed by atoms with Gasteiger partial charge < -0.3 is 4.55 Å². The molecule has 0 amide bonds. The lowest BCUT2D eigenvalue weighted by Crippen LogP contribution is -2.28. The molecule has 33 heavy (non-hydrogen) atoms. The van der Waals surface area contributed by atoms with E-state index < -0.39 is 10.1 Å². The lowest BCUT2D eigenvalue weighted by molar-refractivity contribution is -0.618. The zero-order chi connectivity index (χ0) is 23.8. The van der Waals surface area contributed by atoms with Crippen molar-refractivity contribution in [3.05, 3.63) is 78.0 Å². The van der Waals surface area contributed by atoms with Crippen LogP contribution in [0.25, 0.3) is 27.7 Å². The second-order valence-corrected chi connectivity index (χ2v) is 9.56. The Morgan fingerprint density at radius 3 is 2.42 bits per heavy atom. The minimum Gasteiger partial charge on any atom is -0.744 e. The smallest absolute Gasteiger partial charge is 0.308 e. The fraction of sp³-hybridized carbons (Fsp3) is 0.125. The highest BCUT2D eigenvalue weighted by Crippen LogP contribution is 2.33. The van der Waals surface area contributed by atoms with Gasteiger partial charge in [0.1, 0.15) is 16.2 Å². The molecular weight excluding hydrogens is 456 g/mol. The Morgan fingerprint density at radius 1 is 1.09 bits per heavy atom. The Bertz CT molecular complexity index is 1650. The molecule has 0 spiro atoms. The number of nitriles is 1. The molecule has 5 rings (SSSR count). The van der Waals surface area contributed by atoms with Crippen LogP contribution in [0, 0.1) is 18.3 Å². The van der Waals surface area contributed by atoms with Crippen LogP contribution in [0.15, 0.2) is 76.7 Å². The highest BCUT2D eigenvalue weighted by molar-refractivity contribution is 7.98. The van der Waals surface area contributed by atoms with Crippen LogP contribution in [-0.4, -0.2) is 28.6 Å². The topological polar surface area (TPSA) is 102 Å². The van der Waals surface area contributed by atoms with Crippen molar-refractivity contribution >= 4 is 49.6 Å². The van der Waals surface area contributed by atoms with Gasteiger partial charge in [-0.1, -0.05) is 29.8 Å². The van der Waals surface area contributed by atoms with Crippen molar-refractivity contribution in [1.82, 2.24) is 9.38 Å². The summed E-state index contributed by atoms with van der Waals surface area (Å²) >= 11 is 1.59. The Labute approximate surface area is 195 Å². The molecule has 166 valence electrons. The summed E-state index contributed by atoms with van der Waals surface area (Å²) < 4.78 is 35.3. The van der Waals surface area contributed by atoms with E-state index in [9.17, 15) is 18.2 Å². The van der Waals surface area contributed by atoms with Crippen molar-refractivity contribution in [2.45, 2.75) is 16.7 Å².